The number of aryl methyl sites for hydroxylation is 1. The van der Waals surface area contributed by atoms with Gasteiger partial charge >= 0.3 is 0 Å². The van der Waals surface area contributed by atoms with Gasteiger partial charge in [-0.2, -0.15) is 0 Å². The molecule has 0 spiro atoms. The molecule has 2 aromatic heterocycles. The van der Waals surface area contributed by atoms with Crippen molar-refractivity contribution in [3.05, 3.63) is 101 Å². The van der Waals surface area contributed by atoms with E-state index in [1.165, 1.54) is 12.3 Å². The average molecular weight is 471 g/mol. The predicted molar refractivity (Wildman–Crippen MR) is 132 cm³/mol. The van der Waals surface area contributed by atoms with Gasteiger partial charge in [0.25, 0.3) is 5.91 Å². The molecule has 4 aromatic rings. The number of amides is 1. The highest BCUT2D eigenvalue weighted by Crippen LogP contribution is 2.39. The van der Waals surface area contributed by atoms with Crippen molar-refractivity contribution in [3.8, 4) is 5.75 Å². The van der Waals surface area contributed by atoms with Crippen LogP contribution in [0.15, 0.2) is 82.8 Å². The number of nitrogens with zero attached hydrogens (tertiary/aromatic N) is 1. The van der Waals surface area contributed by atoms with Crippen LogP contribution < -0.4 is 4.74 Å². The summed E-state index contributed by atoms with van der Waals surface area (Å²) in [5.74, 6) is -0.765. The van der Waals surface area contributed by atoms with Crippen molar-refractivity contribution in [3.63, 3.8) is 0 Å². The van der Waals surface area contributed by atoms with E-state index in [1.54, 1.807) is 18.1 Å². The second-order valence-electron chi connectivity index (χ2n) is 8.54. The summed E-state index contributed by atoms with van der Waals surface area (Å²) in [5.41, 5.74) is 3.92. The van der Waals surface area contributed by atoms with Crippen LogP contribution in [-0.4, -0.2) is 40.3 Å². The Morgan fingerprint density at radius 2 is 1.97 bits per heavy atom. The van der Waals surface area contributed by atoms with E-state index >= 15 is 0 Å². The van der Waals surface area contributed by atoms with Crippen molar-refractivity contribution < 1.29 is 23.8 Å². The van der Waals surface area contributed by atoms with Crippen molar-refractivity contribution >= 4 is 22.6 Å². The molecule has 7 heteroatoms. The van der Waals surface area contributed by atoms with Crippen molar-refractivity contribution in [1.82, 2.24) is 9.88 Å². The second kappa shape index (κ2) is 9.18. The average Bonchev–Trinajstić information content (AvgIpc) is 3.62. The van der Waals surface area contributed by atoms with Crippen LogP contribution in [0.1, 0.15) is 40.2 Å². The normalized spacial score (nSPS) is 15.9. The number of aromatic nitrogens is 1. The van der Waals surface area contributed by atoms with E-state index in [-0.39, 0.29) is 11.3 Å². The SMILES string of the molecule is CCc1ccc([C@H]2C(C(=O)c3ccco3)=C(O)C(=O)N2CCc2c[nH]c3ccc(OC)cc23)cc1. The number of benzene rings is 2. The maximum Gasteiger partial charge on any atom is 0.290 e. The molecule has 0 saturated heterocycles. The number of aliphatic hydroxyl groups excluding tert-OH is 1. The second-order valence-corrected chi connectivity index (χ2v) is 8.54. The molecule has 1 aliphatic heterocycles. The number of ether oxygens (including phenoxy) is 1. The third kappa shape index (κ3) is 3.99. The topological polar surface area (TPSA) is 95.8 Å². The number of ketones is 1. The Kier molecular flexibility index (Phi) is 5.91. The fourth-order valence-electron chi connectivity index (χ4n) is 4.67. The molecule has 178 valence electrons. The number of methoxy groups -OCH3 is 1. The van der Waals surface area contributed by atoms with Crippen LogP contribution in [0.3, 0.4) is 0 Å². The number of nitrogens with one attached hydrogen (secondary N) is 1. The molecule has 2 N–H and O–H groups in total. The van der Waals surface area contributed by atoms with Gasteiger partial charge in [0.2, 0.25) is 5.78 Å². The van der Waals surface area contributed by atoms with Crippen LogP contribution in [0.25, 0.3) is 10.9 Å². The highest BCUT2D eigenvalue weighted by molar-refractivity contribution is 6.15. The number of H-pyrrole nitrogens is 1. The first kappa shape index (κ1) is 22.5. The lowest BCUT2D eigenvalue weighted by Gasteiger charge is -2.27. The molecule has 1 amide bonds. The third-order valence-electron chi connectivity index (χ3n) is 6.59. The number of hydrogen-bond acceptors (Lipinski definition) is 5. The first-order valence-electron chi connectivity index (χ1n) is 11.6. The van der Waals surface area contributed by atoms with Gasteiger partial charge in [0.15, 0.2) is 11.5 Å². The zero-order valence-electron chi connectivity index (χ0n) is 19.6. The molecule has 1 atom stereocenters. The Hall–Kier alpha value is -4.26. The molecule has 1 aliphatic rings. The minimum atomic E-state index is -0.717. The van der Waals surface area contributed by atoms with Crippen LogP contribution in [0.5, 0.6) is 5.75 Å². The van der Waals surface area contributed by atoms with Crippen LogP contribution in [0.2, 0.25) is 0 Å². The van der Waals surface area contributed by atoms with E-state index in [0.29, 0.717) is 13.0 Å². The molecule has 3 heterocycles. The number of hydrogen-bond donors (Lipinski definition) is 2. The van der Waals surface area contributed by atoms with E-state index in [4.69, 9.17) is 9.15 Å². The molecule has 0 radical (unpaired) electrons. The van der Waals surface area contributed by atoms with Gasteiger partial charge in [-0.25, -0.2) is 0 Å². The van der Waals surface area contributed by atoms with E-state index in [9.17, 15) is 14.7 Å². The number of aromatic amines is 1. The molecule has 0 fully saturated rings. The summed E-state index contributed by atoms with van der Waals surface area (Å²) in [6, 6.07) is 16.0. The molecule has 0 aliphatic carbocycles. The Labute approximate surface area is 202 Å². The van der Waals surface area contributed by atoms with Crippen molar-refractivity contribution in [1.29, 1.82) is 0 Å². The number of aliphatic hydroxyl groups is 1. The van der Waals surface area contributed by atoms with Crippen LogP contribution in [0.4, 0.5) is 0 Å². The number of rotatable bonds is 8. The van der Waals surface area contributed by atoms with E-state index in [2.05, 4.69) is 11.9 Å². The van der Waals surface area contributed by atoms with Crippen LogP contribution >= 0.6 is 0 Å². The van der Waals surface area contributed by atoms with Crippen molar-refractivity contribution in [2.75, 3.05) is 13.7 Å². The largest absolute Gasteiger partial charge is 0.503 e. The maximum absolute atomic E-state index is 13.3. The lowest BCUT2D eigenvalue weighted by Crippen LogP contribution is -2.33. The van der Waals surface area contributed by atoms with Crippen LogP contribution in [-0.2, 0) is 17.6 Å². The lowest BCUT2D eigenvalue weighted by atomic mass is 9.94. The summed E-state index contributed by atoms with van der Waals surface area (Å²) < 4.78 is 10.7. The predicted octanol–water partition coefficient (Wildman–Crippen LogP) is 5.15. The summed E-state index contributed by atoms with van der Waals surface area (Å²) in [4.78, 5) is 31.3. The fraction of sp³-hybridized carbons (Fsp3) is 0.214. The number of carbonyl (C=O) groups is 2. The zero-order chi connectivity index (χ0) is 24.5. The summed E-state index contributed by atoms with van der Waals surface area (Å²) in [7, 11) is 1.62. The van der Waals surface area contributed by atoms with E-state index in [1.807, 2.05) is 48.7 Å². The van der Waals surface area contributed by atoms with E-state index < -0.39 is 23.5 Å². The first-order chi connectivity index (χ1) is 17.0. The smallest absolute Gasteiger partial charge is 0.290 e. The molecule has 5 rings (SSSR count). The summed E-state index contributed by atoms with van der Waals surface area (Å²) >= 11 is 0. The molecular formula is C28H26N2O5. The minimum absolute atomic E-state index is 0.0368. The molecule has 7 nitrogen and oxygen atoms in total. The highest BCUT2D eigenvalue weighted by atomic mass is 16.5. The lowest BCUT2D eigenvalue weighted by molar-refractivity contribution is -0.129. The van der Waals surface area contributed by atoms with Gasteiger partial charge in [-0.1, -0.05) is 31.2 Å². The monoisotopic (exact) mass is 470 g/mol. The zero-order valence-corrected chi connectivity index (χ0v) is 19.6. The maximum atomic E-state index is 13.3. The van der Waals surface area contributed by atoms with Crippen molar-refractivity contribution in [2.45, 2.75) is 25.8 Å². The highest BCUT2D eigenvalue weighted by Gasteiger charge is 2.44. The molecule has 0 unspecified atom stereocenters. The quantitative estimate of drug-likeness (QED) is 0.347. The molecule has 35 heavy (non-hydrogen) atoms. The van der Waals surface area contributed by atoms with Gasteiger partial charge in [-0.15, -0.1) is 0 Å². The van der Waals surface area contributed by atoms with Crippen molar-refractivity contribution in [2.24, 2.45) is 0 Å². The Morgan fingerprint density at radius 3 is 2.66 bits per heavy atom. The van der Waals surface area contributed by atoms with E-state index in [0.717, 1.165) is 39.8 Å². The summed E-state index contributed by atoms with van der Waals surface area (Å²) in [5, 5.41) is 11.8. The molecule has 0 bridgehead atoms. The van der Waals surface area contributed by atoms with Crippen LogP contribution in [0, 0.1) is 0 Å². The van der Waals surface area contributed by atoms with Gasteiger partial charge in [-0.05, 0) is 59.9 Å². The Morgan fingerprint density at radius 1 is 1.17 bits per heavy atom. The number of carbonyl (C=O) groups excluding carboxylic acids is 2. The fourth-order valence-corrected chi connectivity index (χ4v) is 4.67. The number of Topliss-reactive ketones (excluding diaryl/α,β-unsaturated/α-hetero) is 1. The summed E-state index contributed by atoms with van der Waals surface area (Å²) in [6.45, 7) is 2.37. The number of fused-ring (bicyclic) bond motifs is 1. The Bertz CT molecular complexity index is 1410. The molecular weight excluding hydrogens is 444 g/mol. The van der Waals surface area contributed by atoms with Gasteiger partial charge in [0.1, 0.15) is 5.75 Å². The first-order valence-corrected chi connectivity index (χ1v) is 11.6. The summed E-state index contributed by atoms with van der Waals surface area (Å²) in [6.07, 6.45) is 4.71. The number of furan rings is 1. The van der Waals surface area contributed by atoms with Gasteiger partial charge < -0.3 is 24.1 Å². The van der Waals surface area contributed by atoms with Gasteiger partial charge in [0.05, 0.1) is 25.0 Å². The van der Waals surface area contributed by atoms with Gasteiger partial charge in [0, 0.05) is 23.6 Å². The molecule has 0 saturated carbocycles. The minimum Gasteiger partial charge on any atom is -0.503 e. The third-order valence-corrected chi connectivity index (χ3v) is 6.59. The standard InChI is InChI=1S/C28H26N2O5/c1-3-17-6-8-18(9-7-17)25-24(26(31)23-5-4-14-35-23)27(32)28(33)30(25)13-12-19-16-29-22-11-10-20(34-2)15-21(19)22/h4-11,14-16,25,29,32H,3,12-13H2,1-2H3/t25-/m0/s1. The molecule has 2 aromatic carbocycles. The van der Waals surface area contributed by atoms with Gasteiger partial charge in [-0.3, -0.25) is 9.59 Å². The Balaban J connectivity index is 1.50.